The number of hydrogen-bond acceptors (Lipinski definition) is 6. The third-order valence-corrected chi connectivity index (χ3v) is 9.86. The number of nitriles is 1. The van der Waals surface area contributed by atoms with Crippen LogP contribution in [0, 0.1) is 24.2 Å². The van der Waals surface area contributed by atoms with Crippen LogP contribution in [0.25, 0.3) is 6.08 Å². The molecule has 0 N–H and O–H groups in total. The van der Waals surface area contributed by atoms with Crippen LogP contribution in [-0.4, -0.2) is 39.3 Å². The van der Waals surface area contributed by atoms with Crippen molar-refractivity contribution < 1.29 is 4.79 Å². The molecule has 2 saturated heterocycles. The number of carbonyl (C=O) groups is 1. The van der Waals surface area contributed by atoms with E-state index in [2.05, 4.69) is 54.3 Å². The minimum atomic E-state index is -0.248. The summed E-state index contributed by atoms with van der Waals surface area (Å²) in [5.74, 6) is 1.27. The molecule has 2 fully saturated rings. The van der Waals surface area contributed by atoms with E-state index in [4.69, 9.17) is 12.2 Å². The summed E-state index contributed by atoms with van der Waals surface area (Å²) in [5.41, 5.74) is 3.79. The van der Waals surface area contributed by atoms with E-state index < -0.39 is 0 Å². The van der Waals surface area contributed by atoms with Crippen LogP contribution < -0.4 is 10.5 Å². The molecule has 0 spiro atoms. The van der Waals surface area contributed by atoms with E-state index in [1.807, 2.05) is 37.3 Å². The van der Waals surface area contributed by atoms with Gasteiger partial charge in [-0.25, -0.2) is 0 Å². The molecular formula is C35H38N4O2S2. The second kappa shape index (κ2) is 14.2. The van der Waals surface area contributed by atoms with Crippen LogP contribution in [0.15, 0.2) is 70.4 Å². The van der Waals surface area contributed by atoms with E-state index in [1.54, 1.807) is 9.47 Å². The summed E-state index contributed by atoms with van der Waals surface area (Å²) in [6.07, 6.45) is 7.41. The molecule has 2 aliphatic heterocycles. The lowest BCUT2D eigenvalue weighted by Crippen LogP contribution is -2.40. The van der Waals surface area contributed by atoms with Crippen molar-refractivity contribution in [2.24, 2.45) is 5.92 Å². The van der Waals surface area contributed by atoms with Gasteiger partial charge in [0.05, 0.1) is 4.91 Å². The van der Waals surface area contributed by atoms with Crippen molar-refractivity contribution >= 4 is 46.1 Å². The number of unbranched alkanes of at least 4 members (excludes halogenated alkanes) is 1. The summed E-state index contributed by atoms with van der Waals surface area (Å²) in [6.45, 7) is 6.59. The fraction of sp³-hybridized carbons (Fsp3) is 0.371. The zero-order valence-electron chi connectivity index (χ0n) is 24.9. The zero-order chi connectivity index (χ0) is 30.3. The number of nitrogens with zero attached hydrogens (tertiary/aromatic N) is 4. The molecule has 2 aromatic carbocycles. The fourth-order valence-corrected chi connectivity index (χ4v) is 7.30. The first kappa shape index (κ1) is 30.8. The summed E-state index contributed by atoms with van der Waals surface area (Å²) in [7, 11) is 0. The molecule has 2 aliphatic rings. The standard InChI is InChI=1S/C35H38N4O2S2/c1-3-4-18-38-32(37-19-15-28(16-20-37)22-27-13-9-6-10-14-27)29(25(2)30(24-36)33(38)40)23-31-34(41)39(35(42)43-31)21-17-26-11-7-5-8-12-26/h5-14,23,28H,3-4,15-22H2,1-2H3. The maximum atomic E-state index is 13.7. The quantitative estimate of drug-likeness (QED) is 0.187. The van der Waals surface area contributed by atoms with Crippen LogP contribution in [0.4, 0.5) is 5.82 Å². The lowest BCUT2D eigenvalue weighted by Gasteiger charge is -2.36. The Balaban J connectivity index is 1.47. The van der Waals surface area contributed by atoms with Crippen LogP contribution in [0.1, 0.15) is 60.4 Å². The Morgan fingerprint density at radius 2 is 1.65 bits per heavy atom. The number of amides is 1. The van der Waals surface area contributed by atoms with Crippen LogP contribution in [-0.2, 0) is 24.2 Å². The normalized spacial score (nSPS) is 16.7. The highest BCUT2D eigenvalue weighted by Crippen LogP contribution is 2.37. The van der Waals surface area contributed by atoms with E-state index in [1.165, 1.54) is 17.3 Å². The van der Waals surface area contributed by atoms with Gasteiger partial charge in [0.2, 0.25) is 0 Å². The highest BCUT2D eigenvalue weighted by atomic mass is 32.2. The second-order valence-corrected chi connectivity index (χ2v) is 13.0. The van der Waals surface area contributed by atoms with Crippen molar-refractivity contribution in [2.45, 2.75) is 58.9 Å². The number of thioether (sulfide) groups is 1. The van der Waals surface area contributed by atoms with Gasteiger partial charge in [-0.1, -0.05) is 98.0 Å². The van der Waals surface area contributed by atoms with Gasteiger partial charge in [-0.3, -0.25) is 19.1 Å². The Morgan fingerprint density at radius 3 is 2.28 bits per heavy atom. The summed E-state index contributed by atoms with van der Waals surface area (Å²) in [6, 6.07) is 22.8. The molecule has 222 valence electrons. The number of rotatable bonds is 10. The number of pyridine rings is 1. The Labute approximate surface area is 264 Å². The van der Waals surface area contributed by atoms with Gasteiger partial charge < -0.3 is 4.90 Å². The van der Waals surface area contributed by atoms with E-state index in [0.717, 1.165) is 62.1 Å². The van der Waals surface area contributed by atoms with Gasteiger partial charge in [-0.15, -0.1) is 0 Å². The van der Waals surface area contributed by atoms with Crippen LogP contribution in [0.5, 0.6) is 0 Å². The molecule has 0 radical (unpaired) electrons. The van der Waals surface area contributed by atoms with Gasteiger partial charge in [0.25, 0.3) is 11.5 Å². The van der Waals surface area contributed by atoms with Crippen LogP contribution in [0.2, 0.25) is 0 Å². The van der Waals surface area contributed by atoms with Crippen molar-refractivity contribution in [3.05, 3.63) is 104 Å². The molecule has 0 saturated carbocycles. The Bertz CT molecular complexity index is 1600. The number of aromatic nitrogens is 1. The first-order valence-electron chi connectivity index (χ1n) is 15.2. The number of piperidine rings is 1. The Kier molecular flexibility index (Phi) is 10.2. The monoisotopic (exact) mass is 610 g/mol. The van der Waals surface area contributed by atoms with Gasteiger partial charge >= 0.3 is 0 Å². The summed E-state index contributed by atoms with van der Waals surface area (Å²) in [4.78, 5) is 31.8. The second-order valence-electron chi connectivity index (χ2n) is 11.3. The molecule has 0 bridgehead atoms. The average Bonchev–Trinajstić information content (AvgIpc) is 3.29. The summed E-state index contributed by atoms with van der Waals surface area (Å²) in [5, 5.41) is 10.0. The molecule has 5 rings (SSSR count). The maximum Gasteiger partial charge on any atom is 0.270 e. The summed E-state index contributed by atoms with van der Waals surface area (Å²) < 4.78 is 2.32. The number of hydrogen-bond donors (Lipinski definition) is 0. The molecule has 0 unspecified atom stereocenters. The van der Waals surface area contributed by atoms with Gasteiger partial charge in [0, 0.05) is 31.7 Å². The van der Waals surface area contributed by atoms with Gasteiger partial charge in [-0.2, -0.15) is 5.26 Å². The predicted octanol–water partition coefficient (Wildman–Crippen LogP) is 6.73. The molecule has 8 heteroatoms. The molecule has 0 aliphatic carbocycles. The first-order chi connectivity index (χ1) is 20.9. The molecule has 6 nitrogen and oxygen atoms in total. The fourth-order valence-electron chi connectivity index (χ4n) is 6.01. The highest BCUT2D eigenvalue weighted by Gasteiger charge is 2.33. The van der Waals surface area contributed by atoms with Crippen molar-refractivity contribution in [1.29, 1.82) is 5.26 Å². The minimum Gasteiger partial charge on any atom is -0.357 e. The number of thiocarbonyl (C=S) groups is 1. The van der Waals surface area contributed by atoms with E-state index in [9.17, 15) is 14.9 Å². The number of carbonyl (C=O) groups excluding carboxylic acids is 1. The SMILES string of the molecule is CCCCn1c(N2CCC(Cc3ccccc3)CC2)c(C=C2SC(=S)N(CCc3ccccc3)C2=O)c(C)c(C#N)c1=O. The number of anilines is 1. The third kappa shape index (κ3) is 6.95. The first-order valence-corrected chi connectivity index (χ1v) is 16.4. The smallest absolute Gasteiger partial charge is 0.270 e. The molecule has 43 heavy (non-hydrogen) atoms. The third-order valence-electron chi connectivity index (χ3n) is 8.48. The van der Waals surface area contributed by atoms with Crippen LogP contribution >= 0.6 is 24.0 Å². The number of benzene rings is 2. The van der Waals surface area contributed by atoms with E-state index >= 15 is 0 Å². The minimum absolute atomic E-state index is 0.123. The van der Waals surface area contributed by atoms with E-state index in [-0.39, 0.29) is 17.0 Å². The lowest BCUT2D eigenvalue weighted by atomic mass is 9.90. The van der Waals surface area contributed by atoms with Gasteiger partial charge in [0.1, 0.15) is 21.8 Å². The average molecular weight is 611 g/mol. The molecule has 3 heterocycles. The highest BCUT2D eigenvalue weighted by molar-refractivity contribution is 8.26. The Hall–Kier alpha value is -3.67. The predicted molar refractivity (Wildman–Crippen MR) is 180 cm³/mol. The molecular weight excluding hydrogens is 573 g/mol. The molecule has 3 aromatic rings. The lowest BCUT2D eigenvalue weighted by molar-refractivity contribution is -0.122. The van der Waals surface area contributed by atoms with Gasteiger partial charge in [-0.05, 0) is 67.7 Å². The Morgan fingerprint density at radius 1 is 1.00 bits per heavy atom. The maximum absolute atomic E-state index is 13.7. The molecule has 0 atom stereocenters. The largest absolute Gasteiger partial charge is 0.357 e. The van der Waals surface area contributed by atoms with E-state index in [0.29, 0.717) is 40.2 Å². The molecule has 1 amide bonds. The topological polar surface area (TPSA) is 69.3 Å². The van der Waals surface area contributed by atoms with Crippen molar-refractivity contribution in [3.63, 3.8) is 0 Å². The van der Waals surface area contributed by atoms with Gasteiger partial charge in [0.15, 0.2) is 0 Å². The van der Waals surface area contributed by atoms with Crippen molar-refractivity contribution in [1.82, 2.24) is 9.47 Å². The molecule has 1 aromatic heterocycles. The van der Waals surface area contributed by atoms with Crippen molar-refractivity contribution in [2.75, 3.05) is 24.5 Å². The summed E-state index contributed by atoms with van der Waals surface area (Å²) >= 11 is 6.94. The van der Waals surface area contributed by atoms with Crippen LogP contribution in [0.3, 0.4) is 0 Å². The zero-order valence-corrected chi connectivity index (χ0v) is 26.6. The van der Waals surface area contributed by atoms with Crippen molar-refractivity contribution in [3.8, 4) is 6.07 Å².